The fourth-order valence-corrected chi connectivity index (χ4v) is 10.5. The molecule has 8 rings (SSSR count). The van der Waals surface area contributed by atoms with Crippen LogP contribution in [-0.4, -0.2) is 93.5 Å². The molecule has 4 amide bonds. The zero-order valence-electron chi connectivity index (χ0n) is 36.0. The normalized spacial score (nSPS) is 23.2. The molecule has 0 radical (unpaired) electrons. The third-order valence-corrected chi connectivity index (χ3v) is 13.8. The van der Waals surface area contributed by atoms with Gasteiger partial charge in [0.05, 0.1) is 50.0 Å². The van der Waals surface area contributed by atoms with Gasteiger partial charge >= 0.3 is 12.1 Å². The predicted octanol–water partition coefficient (Wildman–Crippen LogP) is 6.42. The van der Waals surface area contributed by atoms with Crippen molar-refractivity contribution in [2.24, 2.45) is 23.7 Å². The number of aromatic amines is 2. The van der Waals surface area contributed by atoms with Crippen molar-refractivity contribution in [3.63, 3.8) is 0 Å². The number of hydrogen-bond acceptors (Lipinski definition) is 9. The quantitative estimate of drug-likeness (QED) is 0.0943. The van der Waals surface area contributed by atoms with Crippen LogP contribution in [0.5, 0.6) is 0 Å². The lowest BCUT2D eigenvalue weighted by atomic mass is 9.76. The van der Waals surface area contributed by atoms with Gasteiger partial charge in [-0.05, 0) is 85.0 Å². The minimum Gasteiger partial charge on any atom is -0.468 e. The van der Waals surface area contributed by atoms with Crippen molar-refractivity contribution in [3.05, 3.63) is 72.6 Å². The van der Waals surface area contributed by atoms with Gasteiger partial charge in [-0.1, -0.05) is 81.6 Å². The molecule has 6 atom stereocenters. The molecule has 1 aliphatic heterocycles. The second kappa shape index (κ2) is 18.2. The molecule has 2 bridgehead atoms. The van der Waals surface area contributed by atoms with Crippen LogP contribution in [-0.2, 0) is 28.7 Å². The van der Waals surface area contributed by atoms with E-state index in [4.69, 9.17) is 14.5 Å². The number of hydrogen-bond donors (Lipinski definition) is 5. The van der Waals surface area contributed by atoms with Gasteiger partial charge < -0.3 is 40.3 Å². The van der Waals surface area contributed by atoms with Crippen LogP contribution in [0.3, 0.4) is 0 Å². The van der Waals surface area contributed by atoms with Gasteiger partial charge in [-0.3, -0.25) is 19.2 Å². The molecular formula is C47H58N8O7. The van der Waals surface area contributed by atoms with E-state index >= 15 is 0 Å². The maximum atomic E-state index is 14.2. The highest BCUT2D eigenvalue weighted by atomic mass is 16.5. The van der Waals surface area contributed by atoms with Gasteiger partial charge in [-0.25, -0.2) is 14.8 Å². The summed E-state index contributed by atoms with van der Waals surface area (Å²) in [4.78, 5) is 83.5. The number of benzene rings is 2. The first-order valence-electron chi connectivity index (χ1n) is 22.1. The Morgan fingerprint density at radius 1 is 0.774 bits per heavy atom. The Morgan fingerprint density at radius 3 is 1.98 bits per heavy atom. The lowest BCUT2D eigenvalue weighted by Gasteiger charge is -2.39. The molecule has 4 aromatic rings. The maximum Gasteiger partial charge on any atom is 0.407 e. The highest BCUT2D eigenvalue weighted by Gasteiger charge is 2.54. The van der Waals surface area contributed by atoms with Crippen LogP contribution >= 0.6 is 0 Å². The van der Waals surface area contributed by atoms with E-state index in [-0.39, 0.29) is 54.0 Å². The SMILES string of the molecule is COC(=O)CNC(=O)C1(NC(=O)C2C3CCC(C3)C2c2ncc(-c3ccc(-c4ccc(-c5cnc([C@@H]6CCCN6C(=O)[C@@H](NC(=O)OC)C(C)C)[nH]5)cc4)cc3)[nH]2)CCCCC1. The van der Waals surface area contributed by atoms with Gasteiger partial charge in [0.25, 0.3) is 0 Å². The second-order valence-corrected chi connectivity index (χ2v) is 17.8. The topological polar surface area (TPSA) is 200 Å². The fourth-order valence-electron chi connectivity index (χ4n) is 10.5. The summed E-state index contributed by atoms with van der Waals surface area (Å²) in [5.41, 5.74) is 4.77. The van der Waals surface area contributed by atoms with E-state index in [1.54, 1.807) is 6.20 Å². The van der Waals surface area contributed by atoms with Crippen LogP contribution in [0, 0.1) is 23.7 Å². The number of alkyl carbamates (subject to hydrolysis) is 1. The summed E-state index contributed by atoms with van der Waals surface area (Å²) in [5.74, 6) is 0.531. The predicted molar refractivity (Wildman–Crippen MR) is 231 cm³/mol. The summed E-state index contributed by atoms with van der Waals surface area (Å²) >= 11 is 0. The Hall–Kier alpha value is -5.99. The molecule has 1 saturated heterocycles. The number of H-pyrrole nitrogens is 2. The molecule has 0 spiro atoms. The highest BCUT2D eigenvalue weighted by molar-refractivity contribution is 5.94. The number of esters is 1. The Bertz CT molecular complexity index is 2260. The summed E-state index contributed by atoms with van der Waals surface area (Å²) in [5, 5.41) is 8.64. The molecule has 2 aromatic carbocycles. The second-order valence-electron chi connectivity index (χ2n) is 17.8. The van der Waals surface area contributed by atoms with Gasteiger partial charge in [0.1, 0.15) is 29.8 Å². The summed E-state index contributed by atoms with van der Waals surface area (Å²) in [6, 6.07) is 15.7. The average molecular weight is 847 g/mol. The van der Waals surface area contributed by atoms with Gasteiger partial charge in [-0.15, -0.1) is 0 Å². The lowest BCUT2D eigenvalue weighted by Crippen LogP contribution is -2.61. The molecule has 62 heavy (non-hydrogen) atoms. The largest absolute Gasteiger partial charge is 0.468 e. The number of fused-ring (bicyclic) bond motifs is 2. The number of likely N-dealkylation sites (tertiary alicyclic amines) is 1. The number of carbonyl (C=O) groups is 5. The van der Waals surface area contributed by atoms with E-state index in [2.05, 4.69) is 79.4 Å². The summed E-state index contributed by atoms with van der Waals surface area (Å²) in [7, 11) is 2.57. The van der Waals surface area contributed by atoms with Crippen molar-refractivity contribution >= 4 is 29.8 Å². The van der Waals surface area contributed by atoms with Crippen molar-refractivity contribution in [1.29, 1.82) is 0 Å². The van der Waals surface area contributed by atoms with E-state index in [1.165, 1.54) is 14.2 Å². The lowest BCUT2D eigenvalue weighted by molar-refractivity contribution is -0.143. The monoisotopic (exact) mass is 846 g/mol. The number of ether oxygens (including phenoxy) is 2. The molecule has 2 aromatic heterocycles. The van der Waals surface area contributed by atoms with Crippen molar-refractivity contribution in [3.8, 4) is 33.6 Å². The highest BCUT2D eigenvalue weighted by Crippen LogP contribution is 2.56. The van der Waals surface area contributed by atoms with Crippen molar-refractivity contribution < 1.29 is 33.4 Å². The molecule has 3 heterocycles. The number of nitrogens with one attached hydrogen (secondary N) is 5. The number of rotatable bonds is 13. The minimum absolute atomic E-state index is 0.0721. The molecule has 3 aliphatic carbocycles. The van der Waals surface area contributed by atoms with Gasteiger partial charge in [0, 0.05) is 12.5 Å². The minimum atomic E-state index is -1.04. The summed E-state index contributed by atoms with van der Waals surface area (Å²) in [6.45, 7) is 4.16. The van der Waals surface area contributed by atoms with Gasteiger partial charge in [0.15, 0.2) is 0 Å². The number of amides is 4. The van der Waals surface area contributed by atoms with E-state index in [0.29, 0.717) is 25.3 Å². The zero-order chi connectivity index (χ0) is 43.5. The van der Waals surface area contributed by atoms with Crippen LogP contribution in [0.15, 0.2) is 60.9 Å². The van der Waals surface area contributed by atoms with Gasteiger partial charge in [-0.2, -0.15) is 0 Å². The number of imidazole rings is 2. The molecule has 3 saturated carbocycles. The molecule has 4 fully saturated rings. The number of aromatic nitrogens is 4. The Labute approximate surface area is 361 Å². The molecule has 4 unspecified atom stereocenters. The number of carbonyl (C=O) groups excluding carboxylic acids is 5. The maximum absolute atomic E-state index is 14.2. The Morgan fingerprint density at radius 2 is 1.37 bits per heavy atom. The average Bonchev–Trinajstić information content (AvgIpc) is 4.16. The first-order chi connectivity index (χ1) is 30.0. The number of methoxy groups -OCH3 is 2. The van der Waals surface area contributed by atoms with Crippen LogP contribution in [0.4, 0.5) is 4.79 Å². The van der Waals surface area contributed by atoms with Crippen LogP contribution in [0.25, 0.3) is 33.6 Å². The molecular weight excluding hydrogens is 789 g/mol. The molecule has 15 heteroatoms. The van der Waals surface area contributed by atoms with Crippen LogP contribution < -0.4 is 16.0 Å². The van der Waals surface area contributed by atoms with E-state index < -0.39 is 23.6 Å². The molecule has 328 valence electrons. The van der Waals surface area contributed by atoms with Crippen molar-refractivity contribution in [2.75, 3.05) is 27.3 Å². The standard InChI is InChI=1S/C47H58N8O7/c1-27(2)40(53-46(60)62-4)44(58)55-22-8-9-36(55)41-48-24-34(51-41)30-14-10-28(11-15-30)29-12-16-31(17-13-29)35-25-49-42(52-35)38-32-18-19-33(23-32)39(38)43(57)54-47(20-6-5-7-21-47)45(59)50-26-37(56)61-3/h10-17,24-25,27,32-33,36,38-40H,5-9,18-23,26H2,1-4H3,(H,48,51)(H,49,52)(H,50,59)(H,53,60)(H,54,57)/t32?,33?,36-,38?,39?,40-/m0/s1. The first kappa shape index (κ1) is 42.7. The van der Waals surface area contributed by atoms with E-state index in [0.717, 1.165) is 96.7 Å². The number of nitrogens with zero attached hydrogens (tertiary/aromatic N) is 3. The van der Waals surface area contributed by atoms with Crippen LogP contribution in [0.1, 0.15) is 102 Å². The van der Waals surface area contributed by atoms with Crippen LogP contribution in [0.2, 0.25) is 0 Å². The first-order valence-corrected chi connectivity index (χ1v) is 22.1. The van der Waals surface area contributed by atoms with E-state index in [1.807, 2.05) is 24.9 Å². The van der Waals surface area contributed by atoms with Crippen molar-refractivity contribution in [2.45, 2.75) is 102 Å². The van der Waals surface area contributed by atoms with Gasteiger partial charge in [0.2, 0.25) is 17.7 Å². The zero-order valence-corrected chi connectivity index (χ0v) is 36.0. The Kier molecular flexibility index (Phi) is 12.5. The smallest absolute Gasteiger partial charge is 0.407 e. The van der Waals surface area contributed by atoms with E-state index in [9.17, 15) is 24.0 Å². The summed E-state index contributed by atoms with van der Waals surface area (Å²) < 4.78 is 9.49. The molecule has 5 N–H and O–H groups in total. The third kappa shape index (κ3) is 8.58. The molecule has 15 nitrogen and oxygen atoms in total. The summed E-state index contributed by atoms with van der Waals surface area (Å²) in [6.07, 6.45) is 11.4. The Balaban J connectivity index is 0.923. The van der Waals surface area contributed by atoms with Crippen molar-refractivity contribution in [1.82, 2.24) is 40.8 Å². The molecule has 4 aliphatic rings. The third-order valence-electron chi connectivity index (χ3n) is 13.8. The fraction of sp³-hybridized carbons (Fsp3) is 0.511.